The van der Waals surface area contributed by atoms with Crippen molar-refractivity contribution in [2.24, 2.45) is 0 Å². The average molecular weight is 554 g/mol. The molecule has 0 saturated carbocycles. The summed E-state index contributed by atoms with van der Waals surface area (Å²) in [4.78, 5) is 19.0. The zero-order chi connectivity index (χ0) is 27.5. The van der Waals surface area contributed by atoms with Crippen LogP contribution in [-0.2, 0) is 0 Å². The topological polar surface area (TPSA) is 84.7 Å². The lowest BCUT2D eigenvalue weighted by Gasteiger charge is -2.33. The first-order valence-corrected chi connectivity index (χ1v) is 14.8. The highest BCUT2D eigenvalue weighted by Gasteiger charge is 2.36. The number of halogens is 2. The summed E-state index contributed by atoms with van der Waals surface area (Å²) >= 11 is 0. The first-order chi connectivity index (χ1) is 20.1. The van der Waals surface area contributed by atoms with Gasteiger partial charge in [0.25, 0.3) is 0 Å². The highest BCUT2D eigenvalue weighted by atomic mass is 19.2. The van der Waals surface area contributed by atoms with Crippen molar-refractivity contribution in [1.29, 1.82) is 0 Å². The van der Waals surface area contributed by atoms with Gasteiger partial charge in [-0.15, -0.1) is 0 Å². The van der Waals surface area contributed by atoms with E-state index in [1.54, 1.807) is 6.07 Å². The third kappa shape index (κ3) is 4.38. The van der Waals surface area contributed by atoms with E-state index in [0.29, 0.717) is 5.69 Å². The molecule has 5 aromatic rings. The number of aromatic nitrogens is 4. The smallest absolute Gasteiger partial charge is 0.160 e. The second-order valence-electron chi connectivity index (χ2n) is 11.7. The molecule has 4 atom stereocenters. The van der Waals surface area contributed by atoms with Crippen molar-refractivity contribution in [3.8, 4) is 0 Å². The predicted molar refractivity (Wildman–Crippen MR) is 156 cm³/mol. The Morgan fingerprint density at radius 2 is 1.20 bits per heavy atom. The fraction of sp³-hybridized carbons (Fsp3) is 0.375. The Bertz CT molecular complexity index is 1630. The Hall–Kier alpha value is -3.82. The van der Waals surface area contributed by atoms with E-state index in [2.05, 4.69) is 61.9 Å². The molecule has 5 heterocycles. The summed E-state index contributed by atoms with van der Waals surface area (Å²) in [5, 5.41) is 7.03. The van der Waals surface area contributed by atoms with Crippen LogP contribution in [0, 0.1) is 11.6 Å². The minimum atomic E-state index is -0.833. The second kappa shape index (κ2) is 9.92. The van der Waals surface area contributed by atoms with Gasteiger partial charge in [0.2, 0.25) is 0 Å². The monoisotopic (exact) mass is 553 g/mol. The maximum atomic E-state index is 14.6. The van der Waals surface area contributed by atoms with Crippen LogP contribution in [0.2, 0.25) is 0 Å². The Morgan fingerprint density at radius 1 is 0.634 bits per heavy atom. The van der Waals surface area contributed by atoms with Crippen LogP contribution in [0.5, 0.6) is 0 Å². The van der Waals surface area contributed by atoms with Crippen LogP contribution in [0.15, 0.2) is 54.6 Å². The summed E-state index contributed by atoms with van der Waals surface area (Å²) in [6, 6.07) is 17.6. The Kier molecular flexibility index (Phi) is 6.03. The number of imidazole rings is 2. The Balaban J connectivity index is 1.17. The van der Waals surface area contributed by atoms with Crippen LogP contribution in [0.3, 0.4) is 0 Å². The molecule has 0 aliphatic carbocycles. The fourth-order valence-corrected chi connectivity index (χ4v) is 7.15. The van der Waals surface area contributed by atoms with Crippen LogP contribution < -0.4 is 15.5 Å². The third-order valence-electron chi connectivity index (χ3n) is 9.19. The van der Waals surface area contributed by atoms with Crippen molar-refractivity contribution < 1.29 is 8.78 Å². The van der Waals surface area contributed by atoms with Crippen LogP contribution >= 0.6 is 0 Å². The van der Waals surface area contributed by atoms with Crippen LogP contribution in [0.1, 0.15) is 85.5 Å². The SMILES string of the molecule is Fc1ccc(N2[C@@H](c3ccc4nc([C@@H]5CCCN5)[nH]c4c3)CC[C@@H]2c2ccc3nc([C@@H]4CCCN4)[nH]c3c2)cc1F. The number of fused-ring (bicyclic) bond motifs is 2. The summed E-state index contributed by atoms with van der Waals surface area (Å²) in [5.41, 5.74) is 6.86. The number of benzene rings is 3. The molecular weight excluding hydrogens is 520 g/mol. The molecule has 2 aromatic heterocycles. The molecule has 0 amide bonds. The van der Waals surface area contributed by atoms with E-state index in [-0.39, 0.29) is 24.2 Å². The summed E-state index contributed by atoms with van der Waals surface area (Å²) < 4.78 is 28.6. The fourth-order valence-electron chi connectivity index (χ4n) is 7.15. The van der Waals surface area contributed by atoms with Gasteiger partial charge in [-0.25, -0.2) is 18.7 Å². The Labute approximate surface area is 236 Å². The molecule has 3 fully saturated rings. The maximum absolute atomic E-state index is 14.6. The molecule has 3 aliphatic rings. The number of anilines is 1. The molecule has 8 rings (SSSR count). The number of hydrogen-bond donors (Lipinski definition) is 4. The van der Waals surface area contributed by atoms with Gasteiger partial charge in [0.15, 0.2) is 11.6 Å². The third-order valence-corrected chi connectivity index (χ3v) is 9.19. The molecule has 0 unspecified atom stereocenters. The number of nitrogens with zero attached hydrogens (tertiary/aromatic N) is 3. The van der Waals surface area contributed by atoms with E-state index >= 15 is 0 Å². The van der Waals surface area contributed by atoms with Gasteiger partial charge in [-0.2, -0.15) is 0 Å². The van der Waals surface area contributed by atoms with E-state index in [1.165, 1.54) is 12.1 Å². The normalized spacial score (nSPS) is 24.8. The first kappa shape index (κ1) is 24.9. The van der Waals surface area contributed by atoms with Gasteiger partial charge in [0, 0.05) is 11.8 Å². The van der Waals surface area contributed by atoms with E-state index in [0.717, 1.165) is 96.5 Å². The van der Waals surface area contributed by atoms with Crippen molar-refractivity contribution in [2.45, 2.75) is 62.7 Å². The molecular formula is C32H33F2N7. The van der Waals surface area contributed by atoms with E-state index in [9.17, 15) is 8.78 Å². The minimum Gasteiger partial charge on any atom is -0.357 e. The van der Waals surface area contributed by atoms with Crippen molar-refractivity contribution in [2.75, 3.05) is 18.0 Å². The number of aromatic amines is 2. The highest BCUT2D eigenvalue weighted by Crippen LogP contribution is 2.48. The first-order valence-electron chi connectivity index (χ1n) is 14.8. The van der Waals surface area contributed by atoms with Crippen LogP contribution in [-0.4, -0.2) is 33.0 Å². The molecule has 0 spiro atoms. The van der Waals surface area contributed by atoms with Gasteiger partial charge in [-0.3, -0.25) is 0 Å². The van der Waals surface area contributed by atoms with Crippen molar-refractivity contribution in [3.05, 3.63) is 89.0 Å². The molecule has 0 bridgehead atoms. The van der Waals surface area contributed by atoms with Gasteiger partial charge < -0.3 is 25.5 Å². The summed E-state index contributed by atoms with van der Waals surface area (Å²) in [5.74, 6) is 0.301. The van der Waals surface area contributed by atoms with Crippen molar-refractivity contribution in [1.82, 2.24) is 30.6 Å². The summed E-state index contributed by atoms with van der Waals surface area (Å²) in [6.07, 6.45) is 6.25. The zero-order valence-corrected chi connectivity index (χ0v) is 22.8. The van der Waals surface area contributed by atoms with Gasteiger partial charge >= 0.3 is 0 Å². The summed E-state index contributed by atoms with van der Waals surface area (Å²) in [7, 11) is 0. The predicted octanol–water partition coefficient (Wildman–Crippen LogP) is 6.65. The van der Waals surface area contributed by atoms with Crippen LogP contribution in [0.25, 0.3) is 22.1 Å². The molecule has 4 N–H and O–H groups in total. The lowest BCUT2D eigenvalue weighted by Crippen LogP contribution is -2.26. The highest BCUT2D eigenvalue weighted by molar-refractivity contribution is 5.78. The number of hydrogen-bond acceptors (Lipinski definition) is 5. The molecule has 3 aromatic carbocycles. The molecule has 9 heteroatoms. The standard InChI is InChI=1S/C32H33F2N7/c33-21-8-7-20(17-22(21)34)41-29(18-5-9-23-27(15-18)39-31(37-23)25-3-1-13-35-25)11-12-30(41)19-6-10-24-28(16-19)40-32(38-24)26-4-2-14-36-26/h5-10,15-17,25-26,29-30,35-36H,1-4,11-14H2,(H,37,39)(H,38,40)/t25-,26-,29+,30+/m0/s1. The Morgan fingerprint density at radius 3 is 1.68 bits per heavy atom. The molecule has 0 radical (unpaired) electrons. The minimum absolute atomic E-state index is 0.00123. The molecule has 210 valence electrons. The average Bonchev–Trinajstić information content (AvgIpc) is 3.82. The van der Waals surface area contributed by atoms with E-state index < -0.39 is 11.6 Å². The van der Waals surface area contributed by atoms with Crippen molar-refractivity contribution >= 4 is 27.8 Å². The van der Waals surface area contributed by atoms with Crippen LogP contribution in [0.4, 0.5) is 14.5 Å². The van der Waals surface area contributed by atoms with Gasteiger partial charge in [-0.1, -0.05) is 12.1 Å². The number of nitrogens with one attached hydrogen (secondary N) is 4. The van der Waals surface area contributed by atoms with E-state index in [4.69, 9.17) is 9.97 Å². The van der Waals surface area contributed by atoms with E-state index in [1.807, 2.05) is 0 Å². The molecule has 3 saturated heterocycles. The number of H-pyrrole nitrogens is 2. The molecule has 3 aliphatic heterocycles. The van der Waals surface area contributed by atoms with Gasteiger partial charge in [0.05, 0.1) is 46.2 Å². The van der Waals surface area contributed by atoms with Gasteiger partial charge in [-0.05, 0) is 99.1 Å². The molecule has 7 nitrogen and oxygen atoms in total. The second-order valence-corrected chi connectivity index (χ2v) is 11.7. The largest absolute Gasteiger partial charge is 0.357 e. The number of rotatable bonds is 5. The lowest BCUT2D eigenvalue weighted by atomic mass is 10.0. The summed E-state index contributed by atoms with van der Waals surface area (Å²) in [6.45, 7) is 2.03. The van der Waals surface area contributed by atoms with Gasteiger partial charge in [0.1, 0.15) is 11.6 Å². The van der Waals surface area contributed by atoms with Crippen molar-refractivity contribution in [3.63, 3.8) is 0 Å². The lowest BCUT2D eigenvalue weighted by molar-refractivity contribution is 0.507. The maximum Gasteiger partial charge on any atom is 0.160 e. The molecule has 41 heavy (non-hydrogen) atoms. The quantitative estimate of drug-likeness (QED) is 0.196. The zero-order valence-electron chi connectivity index (χ0n) is 22.8.